The minimum Gasteiger partial charge on any atom is -0.462 e. The van der Waals surface area contributed by atoms with Crippen LogP contribution < -0.4 is 4.74 Å². The van der Waals surface area contributed by atoms with Gasteiger partial charge >= 0.3 is 11.9 Å². The lowest BCUT2D eigenvalue weighted by Crippen LogP contribution is -2.11. The molecule has 5 heteroatoms. The summed E-state index contributed by atoms with van der Waals surface area (Å²) in [5.74, 6) is -0.494. The Morgan fingerprint density at radius 3 is 2.28 bits per heavy atom. The molecule has 0 aliphatic rings. The second kappa shape index (κ2) is 9.99. The Morgan fingerprint density at radius 1 is 0.920 bits per heavy atom. The van der Waals surface area contributed by atoms with Gasteiger partial charge in [-0.25, -0.2) is 9.59 Å². The summed E-state index contributed by atoms with van der Waals surface area (Å²) < 4.78 is 11.4. The lowest BCUT2D eigenvalue weighted by atomic mass is 10.1. The average molecular weight is 405 g/mol. The molecule has 2 rings (SSSR count). The fraction of sp³-hybridized carbons (Fsp3) is 0.300. The summed E-state index contributed by atoms with van der Waals surface area (Å²) in [5, 5.41) is 0. The summed E-state index contributed by atoms with van der Waals surface area (Å²) in [6.07, 6.45) is 4.17. The van der Waals surface area contributed by atoms with E-state index in [4.69, 9.17) is 9.47 Å². The third-order valence-corrected chi connectivity index (χ3v) is 4.12. The Labute approximate surface area is 156 Å². The third-order valence-electron chi connectivity index (χ3n) is 3.59. The molecule has 2 aromatic carbocycles. The standard InChI is InChI=1S/C20H21BrO4/c1-2-3-4-5-13-24-19(22)15-7-6-8-16(14-15)20(23)25-18-11-9-17(21)10-12-18/h6-12,14H,2-5,13H2,1H3. The van der Waals surface area contributed by atoms with Gasteiger partial charge in [0.2, 0.25) is 0 Å². The highest BCUT2D eigenvalue weighted by molar-refractivity contribution is 9.10. The Morgan fingerprint density at radius 2 is 1.60 bits per heavy atom. The smallest absolute Gasteiger partial charge is 0.343 e. The summed E-state index contributed by atoms with van der Waals surface area (Å²) >= 11 is 3.32. The number of esters is 2. The van der Waals surface area contributed by atoms with Crippen molar-refractivity contribution in [2.24, 2.45) is 0 Å². The Balaban J connectivity index is 1.94. The molecule has 0 unspecified atom stereocenters. The number of unbranched alkanes of at least 4 members (excludes halogenated alkanes) is 3. The third kappa shape index (κ3) is 6.35. The van der Waals surface area contributed by atoms with E-state index in [2.05, 4.69) is 22.9 Å². The van der Waals surface area contributed by atoms with Gasteiger partial charge in [0.05, 0.1) is 17.7 Å². The molecule has 0 amide bonds. The first kappa shape index (κ1) is 19.2. The fourth-order valence-electron chi connectivity index (χ4n) is 2.22. The number of halogens is 1. The molecule has 132 valence electrons. The minimum absolute atomic E-state index is 0.309. The van der Waals surface area contributed by atoms with Crippen LogP contribution in [0.4, 0.5) is 0 Å². The van der Waals surface area contributed by atoms with Crippen molar-refractivity contribution in [3.8, 4) is 5.75 Å². The van der Waals surface area contributed by atoms with Gasteiger partial charge in [0.15, 0.2) is 0 Å². The van der Waals surface area contributed by atoms with Crippen LogP contribution in [-0.4, -0.2) is 18.5 Å². The quantitative estimate of drug-likeness (QED) is 0.335. The second-order valence-corrected chi connectivity index (χ2v) is 6.54. The molecular formula is C20H21BrO4. The van der Waals surface area contributed by atoms with Gasteiger partial charge in [-0.1, -0.05) is 48.2 Å². The number of rotatable bonds is 8. The highest BCUT2D eigenvalue weighted by Crippen LogP contribution is 2.18. The van der Waals surface area contributed by atoms with E-state index in [0.29, 0.717) is 23.5 Å². The van der Waals surface area contributed by atoms with Crippen LogP contribution in [0.2, 0.25) is 0 Å². The molecule has 0 heterocycles. The summed E-state index contributed by atoms with van der Waals surface area (Å²) in [6.45, 7) is 2.53. The van der Waals surface area contributed by atoms with Gasteiger partial charge in [-0.3, -0.25) is 0 Å². The zero-order valence-corrected chi connectivity index (χ0v) is 15.8. The van der Waals surface area contributed by atoms with Crippen LogP contribution in [-0.2, 0) is 4.74 Å². The first-order valence-corrected chi connectivity index (χ1v) is 9.14. The van der Waals surface area contributed by atoms with Crippen molar-refractivity contribution in [2.75, 3.05) is 6.61 Å². The van der Waals surface area contributed by atoms with Crippen LogP contribution in [0.25, 0.3) is 0 Å². The Bertz CT molecular complexity index is 710. The lowest BCUT2D eigenvalue weighted by molar-refractivity contribution is 0.0498. The van der Waals surface area contributed by atoms with Crippen LogP contribution in [0.3, 0.4) is 0 Å². The number of hydrogen-bond donors (Lipinski definition) is 0. The van der Waals surface area contributed by atoms with Gasteiger partial charge < -0.3 is 9.47 Å². The van der Waals surface area contributed by atoms with E-state index >= 15 is 0 Å². The monoisotopic (exact) mass is 404 g/mol. The largest absolute Gasteiger partial charge is 0.462 e. The molecule has 25 heavy (non-hydrogen) atoms. The van der Waals surface area contributed by atoms with Gasteiger partial charge in [0.25, 0.3) is 0 Å². The molecule has 0 fully saturated rings. The fourth-order valence-corrected chi connectivity index (χ4v) is 2.48. The SMILES string of the molecule is CCCCCCOC(=O)c1cccc(C(=O)Oc2ccc(Br)cc2)c1. The van der Waals surface area contributed by atoms with Gasteiger partial charge in [0.1, 0.15) is 5.75 Å². The number of carbonyl (C=O) groups is 2. The highest BCUT2D eigenvalue weighted by Gasteiger charge is 2.13. The first-order chi connectivity index (χ1) is 12.1. The lowest BCUT2D eigenvalue weighted by Gasteiger charge is -2.07. The average Bonchev–Trinajstić information content (AvgIpc) is 2.63. The molecule has 0 aliphatic heterocycles. The van der Waals surface area contributed by atoms with Crippen LogP contribution in [0.1, 0.15) is 53.3 Å². The van der Waals surface area contributed by atoms with Gasteiger partial charge in [-0.2, -0.15) is 0 Å². The van der Waals surface area contributed by atoms with Gasteiger partial charge in [0, 0.05) is 4.47 Å². The van der Waals surface area contributed by atoms with Crippen molar-refractivity contribution in [3.05, 3.63) is 64.1 Å². The molecule has 0 N–H and O–H groups in total. The summed E-state index contributed by atoms with van der Waals surface area (Å²) in [4.78, 5) is 24.3. The van der Waals surface area contributed by atoms with E-state index in [1.807, 2.05) is 0 Å². The summed E-state index contributed by atoms with van der Waals surface area (Å²) in [7, 11) is 0. The van der Waals surface area contributed by atoms with E-state index in [-0.39, 0.29) is 0 Å². The van der Waals surface area contributed by atoms with Crippen molar-refractivity contribution in [1.29, 1.82) is 0 Å². The maximum absolute atomic E-state index is 12.2. The molecule has 0 radical (unpaired) electrons. The number of carbonyl (C=O) groups excluding carboxylic acids is 2. The number of hydrogen-bond acceptors (Lipinski definition) is 4. The maximum Gasteiger partial charge on any atom is 0.343 e. The first-order valence-electron chi connectivity index (χ1n) is 8.35. The van der Waals surface area contributed by atoms with E-state index < -0.39 is 11.9 Å². The number of benzene rings is 2. The van der Waals surface area contributed by atoms with E-state index in [9.17, 15) is 9.59 Å². The maximum atomic E-state index is 12.2. The predicted molar refractivity (Wildman–Crippen MR) is 100.0 cm³/mol. The molecule has 0 saturated carbocycles. The molecular weight excluding hydrogens is 384 g/mol. The summed E-state index contributed by atoms with van der Waals surface area (Å²) in [5.41, 5.74) is 0.657. The molecule has 0 aromatic heterocycles. The Kier molecular flexibility index (Phi) is 7.67. The van der Waals surface area contributed by atoms with E-state index in [1.54, 1.807) is 42.5 Å². The molecule has 0 spiro atoms. The van der Waals surface area contributed by atoms with Crippen LogP contribution in [0, 0.1) is 0 Å². The van der Waals surface area contributed by atoms with Crippen LogP contribution >= 0.6 is 15.9 Å². The molecule has 4 nitrogen and oxygen atoms in total. The normalized spacial score (nSPS) is 10.3. The van der Waals surface area contributed by atoms with Crippen molar-refractivity contribution in [2.45, 2.75) is 32.6 Å². The van der Waals surface area contributed by atoms with E-state index in [1.165, 1.54) is 6.07 Å². The van der Waals surface area contributed by atoms with Crippen molar-refractivity contribution < 1.29 is 19.1 Å². The van der Waals surface area contributed by atoms with Crippen molar-refractivity contribution in [1.82, 2.24) is 0 Å². The molecule has 0 atom stereocenters. The zero-order valence-electron chi connectivity index (χ0n) is 14.2. The van der Waals surface area contributed by atoms with Crippen LogP contribution in [0.15, 0.2) is 53.0 Å². The molecule has 0 aliphatic carbocycles. The van der Waals surface area contributed by atoms with Gasteiger partial charge in [-0.05, 0) is 48.9 Å². The molecule has 0 bridgehead atoms. The van der Waals surface area contributed by atoms with Crippen molar-refractivity contribution in [3.63, 3.8) is 0 Å². The highest BCUT2D eigenvalue weighted by atomic mass is 79.9. The zero-order chi connectivity index (χ0) is 18.1. The topological polar surface area (TPSA) is 52.6 Å². The number of ether oxygens (including phenoxy) is 2. The van der Waals surface area contributed by atoms with Gasteiger partial charge in [-0.15, -0.1) is 0 Å². The van der Waals surface area contributed by atoms with E-state index in [0.717, 1.165) is 30.2 Å². The van der Waals surface area contributed by atoms with Crippen molar-refractivity contribution >= 4 is 27.9 Å². The predicted octanol–water partition coefficient (Wildman–Crippen LogP) is 5.41. The van der Waals surface area contributed by atoms with Crippen LogP contribution in [0.5, 0.6) is 5.75 Å². The molecule has 2 aromatic rings. The minimum atomic E-state index is -0.514. The molecule has 0 saturated heterocycles. The second-order valence-electron chi connectivity index (χ2n) is 5.62. The Hall–Kier alpha value is -2.14. The summed E-state index contributed by atoms with van der Waals surface area (Å²) in [6, 6.07) is 13.3.